The normalized spacial score (nSPS) is 17.1. The van der Waals surface area contributed by atoms with Gasteiger partial charge in [-0.15, -0.1) is 0 Å². The molecular weight excluding hydrogens is 225 g/mol. The highest BCUT2D eigenvalue weighted by Crippen LogP contribution is 2.33. The summed E-state index contributed by atoms with van der Waals surface area (Å²) in [6.45, 7) is 0.529. The molecule has 2 rings (SSSR count). The molecule has 1 atom stereocenters. The van der Waals surface area contributed by atoms with E-state index in [1.165, 1.54) is 4.67 Å². The van der Waals surface area contributed by atoms with Gasteiger partial charge in [0.15, 0.2) is 5.75 Å². The standard InChI is InChI=1S/C11H13NO3P/c13-11-8-4-5-9-12(11)16(14)15-10-6-2-1-3-7-10/h1-3,6-7H,4-5,8-9H2/q+1. The van der Waals surface area contributed by atoms with E-state index in [-0.39, 0.29) is 5.91 Å². The molecule has 0 bridgehead atoms. The fourth-order valence-electron chi connectivity index (χ4n) is 1.59. The van der Waals surface area contributed by atoms with Crippen molar-refractivity contribution in [1.29, 1.82) is 0 Å². The number of hydrogen-bond donors (Lipinski definition) is 0. The average molecular weight is 238 g/mol. The number of carbonyl (C=O) groups is 1. The Kier molecular flexibility index (Phi) is 3.52. The van der Waals surface area contributed by atoms with Gasteiger partial charge in [-0.1, -0.05) is 22.9 Å². The highest BCUT2D eigenvalue weighted by Gasteiger charge is 2.37. The molecule has 0 N–H and O–H groups in total. The SMILES string of the molecule is O=C1CCCCN1[P+](=O)Oc1ccccc1. The zero-order valence-electron chi connectivity index (χ0n) is 8.83. The Morgan fingerprint density at radius 1 is 1.19 bits per heavy atom. The van der Waals surface area contributed by atoms with E-state index in [9.17, 15) is 9.36 Å². The van der Waals surface area contributed by atoms with Crippen LogP contribution >= 0.6 is 8.18 Å². The molecular formula is C11H13NO3P+. The summed E-state index contributed by atoms with van der Waals surface area (Å²) < 4.78 is 18.4. The Morgan fingerprint density at radius 2 is 1.94 bits per heavy atom. The minimum Gasteiger partial charge on any atom is -0.271 e. The Morgan fingerprint density at radius 3 is 2.62 bits per heavy atom. The van der Waals surface area contributed by atoms with Gasteiger partial charge in [0, 0.05) is 11.0 Å². The van der Waals surface area contributed by atoms with Crippen LogP contribution in [0, 0.1) is 0 Å². The molecule has 16 heavy (non-hydrogen) atoms. The number of nitrogens with zero attached hydrogens (tertiary/aromatic N) is 1. The maximum atomic E-state index is 11.8. The summed E-state index contributed by atoms with van der Waals surface area (Å²) in [7, 11) is -2.08. The van der Waals surface area contributed by atoms with Crippen molar-refractivity contribution in [1.82, 2.24) is 4.67 Å². The summed E-state index contributed by atoms with van der Waals surface area (Å²) in [5, 5.41) is 0. The lowest BCUT2D eigenvalue weighted by atomic mass is 10.2. The van der Waals surface area contributed by atoms with Crippen LogP contribution in [0.4, 0.5) is 0 Å². The molecule has 84 valence electrons. The molecule has 1 unspecified atom stereocenters. The van der Waals surface area contributed by atoms with Crippen molar-refractivity contribution in [2.24, 2.45) is 0 Å². The summed E-state index contributed by atoms with van der Waals surface area (Å²) in [5.74, 6) is 0.449. The first-order valence-corrected chi connectivity index (χ1v) is 6.41. The zero-order chi connectivity index (χ0) is 11.4. The maximum absolute atomic E-state index is 11.8. The Labute approximate surface area is 95.1 Å². The first-order chi connectivity index (χ1) is 7.77. The van der Waals surface area contributed by atoms with Gasteiger partial charge >= 0.3 is 8.18 Å². The van der Waals surface area contributed by atoms with Gasteiger partial charge in [-0.25, -0.2) is 4.52 Å². The Bertz CT molecular complexity index is 393. The van der Waals surface area contributed by atoms with E-state index in [4.69, 9.17) is 4.52 Å². The van der Waals surface area contributed by atoms with Gasteiger partial charge < -0.3 is 0 Å². The molecule has 1 heterocycles. The van der Waals surface area contributed by atoms with Crippen molar-refractivity contribution < 1.29 is 13.9 Å². The molecule has 1 aromatic rings. The molecule has 0 aromatic heterocycles. The lowest BCUT2D eigenvalue weighted by molar-refractivity contribution is -0.128. The van der Waals surface area contributed by atoms with Gasteiger partial charge in [0.1, 0.15) is 0 Å². The van der Waals surface area contributed by atoms with Crippen LogP contribution in [0.2, 0.25) is 0 Å². The van der Waals surface area contributed by atoms with E-state index < -0.39 is 8.18 Å². The smallest absolute Gasteiger partial charge is 0.271 e. The summed E-state index contributed by atoms with van der Waals surface area (Å²) >= 11 is 0. The summed E-state index contributed by atoms with van der Waals surface area (Å²) in [5.41, 5.74) is 0. The number of carbonyl (C=O) groups excluding carboxylic acids is 1. The maximum Gasteiger partial charge on any atom is 0.699 e. The van der Waals surface area contributed by atoms with Crippen molar-refractivity contribution in [3.05, 3.63) is 30.3 Å². The van der Waals surface area contributed by atoms with Crippen LogP contribution in [0.15, 0.2) is 30.3 Å². The highest BCUT2D eigenvalue weighted by atomic mass is 31.1. The molecule has 1 amide bonds. The highest BCUT2D eigenvalue weighted by molar-refractivity contribution is 7.37. The first-order valence-electron chi connectivity index (χ1n) is 5.28. The van der Waals surface area contributed by atoms with Crippen LogP contribution < -0.4 is 4.52 Å². The fraction of sp³-hybridized carbons (Fsp3) is 0.364. The predicted octanol–water partition coefficient (Wildman–Crippen LogP) is 2.74. The van der Waals surface area contributed by atoms with Crippen LogP contribution in [0.25, 0.3) is 0 Å². The van der Waals surface area contributed by atoms with Crippen molar-refractivity contribution in [2.45, 2.75) is 19.3 Å². The molecule has 0 aliphatic carbocycles. The van der Waals surface area contributed by atoms with Gasteiger partial charge in [0.25, 0.3) is 5.91 Å². The monoisotopic (exact) mass is 238 g/mol. The molecule has 1 saturated heterocycles. The fourth-order valence-corrected chi connectivity index (χ4v) is 2.57. The van der Waals surface area contributed by atoms with Crippen molar-refractivity contribution in [2.75, 3.05) is 6.54 Å². The van der Waals surface area contributed by atoms with Gasteiger partial charge in [-0.05, 0) is 25.0 Å². The Balaban J connectivity index is 2.00. The number of rotatable bonds is 3. The summed E-state index contributed by atoms with van der Waals surface area (Å²) in [4.78, 5) is 11.5. The second-order valence-electron chi connectivity index (χ2n) is 3.62. The number of amides is 1. The quantitative estimate of drug-likeness (QED) is 0.760. The summed E-state index contributed by atoms with van der Waals surface area (Å²) in [6.07, 6.45) is 2.24. The van der Waals surface area contributed by atoms with Crippen molar-refractivity contribution in [3.8, 4) is 5.75 Å². The lowest BCUT2D eigenvalue weighted by Gasteiger charge is -2.14. The van der Waals surface area contributed by atoms with Gasteiger partial charge in [0.05, 0.1) is 6.54 Å². The molecule has 1 aromatic carbocycles. The van der Waals surface area contributed by atoms with Gasteiger partial charge in [-0.3, -0.25) is 4.79 Å². The number of hydrogen-bond acceptors (Lipinski definition) is 3. The predicted molar refractivity (Wildman–Crippen MR) is 60.2 cm³/mol. The van der Waals surface area contributed by atoms with E-state index in [0.29, 0.717) is 18.7 Å². The van der Waals surface area contributed by atoms with Crippen LogP contribution in [-0.4, -0.2) is 17.1 Å². The molecule has 0 spiro atoms. The second kappa shape index (κ2) is 5.08. The minimum atomic E-state index is -2.08. The number of benzene rings is 1. The molecule has 1 fully saturated rings. The number of para-hydroxylation sites is 1. The van der Waals surface area contributed by atoms with E-state index >= 15 is 0 Å². The molecule has 1 aliphatic rings. The number of piperidine rings is 1. The van der Waals surface area contributed by atoms with E-state index in [1.807, 2.05) is 6.07 Å². The molecule has 0 radical (unpaired) electrons. The first kappa shape index (κ1) is 11.1. The second-order valence-corrected chi connectivity index (χ2v) is 4.76. The zero-order valence-corrected chi connectivity index (χ0v) is 9.73. The third kappa shape index (κ3) is 2.58. The largest absolute Gasteiger partial charge is 0.699 e. The minimum absolute atomic E-state index is 0.0803. The van der Waals surface area contributed by atoms with E-state index in [1.54, 1.807) is 24.3 Å². The average Bonchev–Trinajstić information content (AvgIpc) is 2.31. The molecule has 5 heteroatoms. The van der Waals surface area contributed by atoms with Crippen LogP contribution in [-0.2, 0) is 9.36 Å². The van der Waals surface area contributed by atoms with E-state index in [0.717, 1.165) is 12.8 Å². The summed E-state index contributed by atoms with van der Waals surface area (Å²) in [6, 6.07) is 8.91. The Hall–Kier alpha value is -1.41. The van der Waals surface area contributed by atoms with Gasteiger partial charge in [-0.2, -0.15) is 0 Å². The third-order valence-corrected chi connectivity index (χ3v) is 3.61. The van der Waals surface area contributed by atoms with E-state index in [2.05, 4.69) is 0 Å². The van der Waals surface area contributed by atoms with Crippen LogP contribution in [0.3, 0.4) is 0 Å². The van der Waals surface area contributed by atoms with Crippen LogP contribution in [0.1, 0.15) is 19.3 Å². The lowest BCUT2D eigenvalue weighted by Crippen LogP contribution is -2.30. The molecule has 1 aliphatic heterocycles. The van der Waals surface area contributed by atoms with Crippen LogP contribution in [0.5, 0.6) is 5.75 Å². The van der Waals surface area contributed by atoms with Crippen molar-refractivity contribution in [3.63, 3.8) is 0 Å². The molecule has 4 nitrogen and oxygen atoms in total. The third-order valence-electron chi connectivity index (χ3n) is 2.42. The van der Waals surface area contributed by atoms with Gasteiger partial charge in [0.2, 0.25) is 0 Å². The molecule has 0 saturated carbocycles. The topological polar surface area (TPSA) is 46.6 Å². The van der Waals surface area contributed by atoms with Crippen molar-refractivity contribution >= 4 is 14.1 Å².